The van der Waals surface area contributed by atoms with E-state index >= 15 is 0 Å². The van der Waals surface area contributed by atoms with E-state index in [1.54, 1.807) is 6.07 Å². The molecule has 19 heavy (non-hydrogen) atoms. The minimum atomic E-state index is -0.597. The van der Waals surface area contributed by atoms with Crippen molar-refractivity contribution >= 4 is 11.9 Å². The average molecular weight is 266 g/mol. The number of hydrogen-bond acceptors (Lipinski definition) is 4. The Balaban J connectivity index is 1.78. The first-order valence-electron chi connectivity index (χ1n) is 6.19. The number of amides is 1. The maximum absolute atomic E-state index is 10.8. The Hall–Kier alpha value is -2.02. The third-order valence-corrected chi connectivity index (χ3v) is 2.84. The van der Waals surface area contributed by atoms with Crippen LogP contribution in [0.1, 0.15) is 29.2 Å². The Morgan fingerprint density at radius 1 is 1.47 bits per heavy atom. The van der Waals surface area contributed by atoms with Gasteiger partial charge in [0, 0.05) is 13.2 Å². The van der Waals surface area contributed by atoms with Crippen LogP contribution in [0.5, 0.6) is 0 Å². The van der Waals surface area contributed by atoms with E-state index in [0.717, 1.165) is 19.4 Å². The summed E-state index contributed by atoms with van der Waals surface area (Å²) in [6, 6.07) is 3.17. The van der Waals surface area contributed by atoms with Crippen molar-refractivity contribution in [2.24, 2.45) is 16.5 Å². The number of guanidine groups is 1. The highest BCUT2D eigenvalue weighted by atomic mass is 16.5. The molecule has 2 rings (SSSR count). The number of ether oxygens (including phenoxy) is 1. The molecule has 1 unspecified atom stereocenters. The lowest BCUT2D eigenvalue weighted by molar-refractivity contribution is 0.0972. The summed E-state index contributed by atoms with van der Waals surface area (Å²) in [7, 11) is 0. The lowest BCUT2D eigenvalue weighted by atomic mass is 10.2. The fourth-order valence-corrected chi connectivity index (χ4v) is 1.84. The molecule has 1 aromatic rings. The van der Waals surface area contributed by atoms with Crippen LogP contribution in [0.4, 0.5) is 0 Å². The first-order chi connectivity index (χ1) is 9.15. The van der Waals surface area contributed by atoms with Crippen LogP contribution < -0.4 is 16.8 Å². The molecule has 1 aliphatic rings. The van der Waals surface area contributed by atoms with Crippen LogP contribution in [0.25, 0.3) is 0 Å². The van der Waals surface area contributed by atoms with Crippen LogP contribution in [-0.2, 0) is 11.3 Å². The standard InChI is InChI=1S/C12H18N4O3/c13-11(17)10-4-3-9(19-10)7-16-12(14)15-6-8-2-1-5-18-8/h3-4,8H,1-2,5-7H2,(H2,13,17)(H3,14,15,16). The Morgan fingerprint density at radius 2 is 2.32 bits per heavy atom. The van der Waals surface area contributed by atoms with Gasteiger partial charge in [0.2, 0.25) is 0 Å². The number of nitrogens with two attached hydrogens (primary N) is 2. The van der Waals surface area contributed by atoms with Crippen molar-refractivity contribution in [1.82, 2.24) is 5.32 Å². The molecule has 7 heteroatoms. The minimum absolute atomic E-state index is 0.121. The van der Waals surface area contributed by atoms with Crippen LogP contribution in [-0.4, -0.2) is 31.1 Å². The summed E-state index contributed by atoms with van der Waals surface area (Å²) in [6.45, 7) is 1.73. The van der Waals surface area contributed by atoms with Gasteiger partial charge in [0.1, 0.15) is 12.3 Å². The van der Waals surface area contributed by atoms with E-state index in [0.29, 0.717) is 18.3 Å². The maximum Gasteiger partial charge on any atom is 0.284 e. The van der Waals surface area contributed by atoms with Gasteiger partial charge in [0.25, 0.3) is 5.91 Å². The van der Waals surface area contributed by atoms with Gasteiger partial charge in [-0.05, 0) is 25.0 Å². The molecule has 1 saturated heterocycles. The molecule has 0 saturated carbocycles. The predicted octanol–water partition coefficient (Wildman–Crippen LogP) is -0.0382. The van der Waals surface area contributed by atoms with Gasteiger partial charge in [-0.3, -0.25) is 4.79 Å². The molecule has 1 aliphatic heterocycles. The molecule has 5 N–H and O–H groups in total. The van der Waals surface area contributed by atoms with Crippen molar-refractivity contribution in [2.75, 3.05) is 13.2 Å². The maximum atomic E-state index is 10.8. The van der Waals surface area contributed by atoms with Crippen LogP contribution in [0, 0.1) is 0 Å². The topological polar surface area (TPSA) is 116 Å². The molecule has 1 atom stereocenters. The summed E-state index contributed by atoms with van der Waals surface area (Å²) < 4.78 is 10.6. The second-order valence-electron chi connectivity index (χ2n) is 4.35. The third kappa shape index (κ3) is 3.99. The molecule has 0 aliphatic carbocycles. The van der Waals surface area contributed by atoms with E-state index in [1.165, 1.54) is 6.07 Å². The molecule has 7 nitrogen and oxygen atoms in total. The van der Waals surface area contributed by atoms with Crippen molar-refractivity contribution in [1.29, 1.82) is 0 Å². The predicted molar refractivity (Wildman–Crippen MR) is 69.5 cm³/mol. The molecule has 2 heterocycles. The number of primary amides is 1. The second-order valence-corrected chi connectivity index (χ2v) is 4.35. The lowest BCUT2D eigenvalue weighted by Crippen LogP contribution is -2.37. The van der Waals surface area contributed by atoms with Gasteiger partial charge < -0.3 is 25.9 Å². The highest BCUT2D eigenvalue weighted by molar-refractivity contribution is 5.89. The van der Waals surface area contributed by atoms with E-state index in [9.17, 15) is 4.79 Å². The highest BCUT2D eigenvalue weighted by Crippen LogP contribution is 2.10. The van der Waals surface area contributed by atoms with Gasteiger partial charge in [-0.15, -0.1) is 0 Å². The van der Waals surface area contributed by atoms with Crippen molar-refractivity contribution in [2.45, 2.75) is 25.5 Å². The van der Waals surface area contributed by atoms with Crippen LogP contribution in [0.3, 0.4) is 0 Å². The molecular weight excluding hydrogens is 248 g/mol. The van der Waals surface area contributed by atoms with E-state index < -0.39 is 5.91 Å². The fraction of sp³-hybridized carbons (Fsp3) is 0.500. The Morgan fingerprint density at radius 3 is 2.95 bits per heavy atom. The van der Waals surface area contributed by atoms with Gasteiger partial charge in [-0.2, -0.15) is 0 Å². The number of carbonyl (C=O) groups excluding carboxylic acids is 1. The molecule has 1 fully saturated rings. The molecular formula is C12H18N4O3. The smallest absolute Gasteiger partial charge is 0.284 e. The number of aliphatic imine (C=N–C) groups is 1. The van der Waals surface area contributed by atoms with Crippen molar-refractivity contribution < 1.29 is 13.9 Å². The zero-order chi connectivity index (χ0) is 13.7. The van der Waals surface area contributed by atoms with E-state index in [4.69, 9.17) is 20.6 Å². The highest BCUT2D eigenvalue weighted by Gasteiger charge is 2.14. The monoisotopic (exact) mass is 266 g/mol. The number of hydrogen-bond donors (Lipinski definition) is 3. The lowest BCUT2D eigenvalue weighted by Gasteiger charge is -2.10. The number of carbonyl (C=O) groups is 1. The van der Waals surface area contributed by atoms with Gasteiger partial charge in [0.05, 0.1) is 6.10 Å². The molecule has 0 radical (unpaired) electrons. The zero-order valence-electron chi connectivity index (χ0n) is 10.6. The van der Waals surface area contributed by atoms with E-state index in [1.807, 2.05) is 0 Å². The van der Waals surface area contributed by atoms with Crippen molar-refractivity contribution in [3.63, 3.8) is 0 Å². The number of nitrogens with zero attached hydrogens (tertiary/aromatic N) is 1. The number of rotatable bonds is 5. The van der Waals surface area contributed by atoms with Gasteiger partial charge in [0.15, 0.2) is 11.7 Å². The van der Waals surface area contributed by atoms with Gasteiger partial charge >= 0.3 is 0 Å². The largest absolute Gasteiger partial charge is 0.454 e. The SMILES string of the molecule is NC(=O)c1ccc(CN=C(N)NCC2CCCO2)o1. The number of nitrogens with one attached hydrogen (secondary N) is 1. The summed E-state index contributed by atoms with van der Waals surface area (Å²) in [5.41, 5.74) is 10.8. The summed E-state index contributed by atoms with van der Waals surface area (Å²) >= 11 is 0. The van der Waals surface area contributed by atoms with Gasteiger partial charge in [-0.25, -0.2) is 4.99 Å². The summed E-state index contributed by atoms with van der Waals surface area (Å²) in [4.78, 5) is 15.0. The van der Waals surface area contributed by atoms with E-state index in [2.05, 4.69) is 10.3 Å². The molecule has 1 amide bonds. The molecule has 1 aromatic heterocycles. The Kier molecular flexibility index (Phi) is 4.40. The summed E-state index contributed by atoms with van der Waals surface area (Å²) in [5.74, 6) is 0.388. The molecule has 0 spiro atoms. The Labute approximate surface area is 111 Å². The van der Waals surface area contributed by atoms with Crippen LogP contribution in [0.15, 0.2) is 21.5 Å². The quantitative estimate of drug-likeness (QED) is 0.511. The number of furan rings is 1. The minimum Gasteiger partial charge on any atom is -0.454 e. The third-order valence-electron chi connectivity index (χ3n) is 2.84. The fourth-order valence-electron chi connectivity index (χ4n) is 1.84. The first kappa shape index (κ1) is 13.4. The summed E-state index contributed by atoms with van der Waals surface area (Å²) in [6.07, 6.45) is 2.34. The Bertz CT molecular complexity index is 463. The molecule has 0 bridgehead atoms. The van der Waals surface area contributed by atoms with Crippen molar-refractivity contribution in [3.05, 3.63) is 23.7 Å². The van der Waals surface area contributed by atoms with Crippen LogP contribution >= 0.6 is 0 Å². The first-order valence-corrected chi connectivity index (χ1v) is 6.19. The molecule has 104 valence electrons. The summed E-state index contributed by atoms with van der Waals surface area (Å²) in [5, 5.41) is 2.99. The van der Waals surface area contributed by atoms with Crippen LogP contribution in [0.2, 0.25) is 0 Å². The zero-order valence-corrected chi connectivity index (χ0v) is 10.6. The van der Waals surface area contributed by atoms with Gasteiger partial charge in [-0.1, -0.05) is 0 Å². The van der Waals surface area contributed by atoms with E-state index in [-0.39, 0.29) is 18.4 Å². The van der Waals surface area contributed by atoms with Crippen molar-refractivity contribution in [3.8, 4) is 0 Å². The second kappa shape index (κ2) is 6.24. The average Bonchev–Trinajstić information content (AvgIpc) is 3.05. The molecule has 0 aromatic carbocycles. The normalized spacial score (nSPS) is 19.6.